The van der Waals surface area contributed by atoms with E-state index in [0.717, 1.165) is 0 Å². The Morgan fingerprint density at radius 2 is 2.18 bits per heavy atom. The van der Waals surface area contributed by atoms with Crippen molar-refractivity contribution in [2.24, 2.45) is 5.41 Å². The Morgan fingerprint density at radius 3 is 2.65 bits per heavy atom. The Hall–Kier alpha value is -0.920. The molecule has 0 fully saturated rings. The Bertz CT molecular complexity index is 464. The summed E-state index contributed by atoms with van der Waals surface area (Å²) in [5.74, 6) is 0.358. The highest BCUT2D eigenvalue weighted by atomic mass is 32.2. The number of nitrogens with one attached hydrogen (secondary N) is 1. The van der Waals surface area contributed by atoms with Crippen molar-refractivity contribution in [3.8, 4) is 0 Å². The molecule has 0 bridgehead atoms. The summed E-state index contributed by atoms with van der Waals surface area (Å²) in [5, 5.41) is 12.6. The first kappa shape index (κ1) is 14.1. The molecule has 0 aromatic carbocycles. The Kier molecular flexibility index (Phi) is 4.29. The molecule has 0 aliphatic heterocycles. The molecule has 0 radical (unpaired) electrons. The number of hydrogen-bond donors (Lipinski definition) is 2. The van der Waals surface area contributed by atoms with Crippen LogP contribution in [0.4, 0.5) is 0 Å². The highest BCUT2D eigenvalue weighted by Crippen LogP contribution is 2.13. The van der Waals surface area contributed by atoms with Gasteiger partial charge in [0.25, 0.3) is 0 Å². The average Bonchev–Trinajstić information content (AvgIpc) is 2.61. The maximum atomic E-state index is 11.7. The lowest BCUT2D eigenvalue weighted by atomic mass is 9.96. The summed E-state index contributed by atoms with van der Waals surface area (Å²) >= 11 is 0. The minimum atomic E-state index is -3.45. The van der Waals surface area contributed by atoms with Crippen LogP contribution in [0, 0.1) is 12.3 Å². The second-order valence-electron chi connectivity index (χ2n) is 4.83. The number of nitrogens with zero attached hydrogens (tertiary/aromatic N) is 1. The van der Waals surface area contributed by atoms with Gasteiger partial charge in [-0.15, -0.1) is 0 Å². The highest BCUT2D eigenvalue weighted by Gasteiger charge is 2.21. The van der Waals surface area contributed by atoms with Crippen molar-refractivity contribution in [2.75, 3.05) is 13.2 Å². The zero-order valence-electron chi connectivity index (χ0n) is 10.2. The highest BCUT2D eigenvalue weighted by molar-refractivity contribution is 7.88. The quantitative estimate of drug-likeness (QED) is 0.775. The summed E-state index contributed by atoms with van der Waals surface area (Å²) in [6, 6.07) is 1.58. The SMILES string of the molecule is Cc1cc(CS(=O)(=O)NCC(C)(C)CO)no1. The van der Waals surface area contributed by atoms with Gasteiger partial charge in [0, 0.05) is 24.6 Å². The normalized spacial score (nSPS) is 12.9. The number of rotatable bonds is 6. The molecule has 0 aliphatic rings. The van der Waals surface area contributed by atoms with E-state index in [-0.39, 0.29) is 18.9 Å². The fourth-order valence-electron chi connectivity index (χ4n) is 1.09. The van der Waals surface area contributed by atoms with E-state index in [2.05, 4.69) is 9.88 Å². The van der Waals surface area contributed by atoms with Crippen molar-refractivity contribution in [3.05, 3.63) is 17.5 Å². The minimum Gasteiger partial charge on any atom is -0.396 e. The van der Waals surface area contributed by atoms with Gasteiger partial charge >= 0.3 is 0 Å². The number of aliphatic hydroxyl groups is 1. The van der Waals surface area contributed by atoms with Gasteiger partial charge in [0.2, 0.25) is 10.0 Å². The van der Waals surface area contributed by atoms with E-state index in [1.165, 1.54) is 0 Å². The molecule has 0 spiro atoms. The zero-order chi connectivity index (χ0) is 13.1. The number of hydrogen-bond acceptors (Lipinski definition) is 5. The van der Waals surface area contributed by atoms with Crippen LogP contribution < -0.4 is 4.72 Å². The molecule has 1 heterocycles. The zero-order valence-corrected chi connectivity index (χ0v) is 11.0. The molecule has 2 N–H and O–H groups in total. The maximum Gasteiger partial charge on any atom is 0.217 e. The van der Waals surface area contributed by atoms with Crippen molar-refractivity contribution >= 4 is 10.0 Å². The van der Waals surface area contributed by atoms with Crippen LogP contribution >= 0.6 is 0 Å². The largest absolute Gasteiger partial charge is 0.396 e. The first-order valence-electron chi connectivity index (χ1n) is 5.24. The summed E-state index contributed by atoms with van der Waals surface area (Å²) in [4.78, 5) is 0. The van der Waals surface area contributed by atoms with Gasteiger partial charge in [0.1, 0.15) is 17.2 Å². The van der Waals surface area contributed by atoms with E-state index in [1.54, 1.807) is 26.8 Å². The van der Waals surface area contributed by atoms with Crippen LogP contribution in [0.25, 0.3) is 0 Å². The first-order chi connectivity index (χ1) is 7.74. The van der Waals surface area contributed by atoms with E-state index in [1.807, 2.05) is 0 Å². The molecule has 0 amide bonds. The van der Waals surface area contributed by atoms with Crippen molar-refractivity contribution < 1.29 is 18.0 Å². The molecule has 0 saturated carbocycles. The monoisotopic (exact) mass is 262 g/mol. The third-order valence-corrected chi connectivity index (χ3v) is 3.47. The smallest absolute Gasteiger partial charge is 0.217 e. The van der Waals surface area contributed by atoms with Crippen molar-refractivity contribution in [1.29, 1.82) is 0 Å². The predicted molar refractivity (Wildman–Crippen MR) is 62.7 cm³/mol. The molecule has 1 aromatic rings. The lowest BCUT2D eigenvalue weighted by molar-refractivity contribution is 0.163. The van der Waals surface area contributed by atoms with Gasteiger partial charge in [0.05, 0.1) is 0 Å². The van der Waals surface area contributed by atoms with Gasteiger partial charge in [-0.05, 0) is 6.92 Å². The van der Waals surface area contributed by atoms with E-state index in [0.29, 0.717) is 11.5 Å². The molecular weight excluding hydrogens is 244 g/mol. The van der Waals surface area contributed by atoms with Crippen LogP contribution in [0.2, 0.25) is 0 Å². The van der Waals surface area contributed by atoms with Crippen LogP contribution in [-0.4, -0.2) is 31.8 Å². The standard InChI is InChI=1S/C10H18N2O4S/c1-8-4-9(12-16-8)5-17(14,15)11-6-10(2,3)7-13/h4,11,13H,5-7H2,1-3H3. The van der Waals surface area contributed by atoms with Gasteiger partial charge in [-0.3, -0.25) is 0 Å². The fraction of sp³-hybridized carbons (Fsp3) is 0.700. The van der Waals surface area contributed by atoms with Gasteiger partial charge in [-0.25, -0.2) is 13.1 Å². The Balaban J connectivity index is 2.58. The third-order valence-electron chi connectivity index (χ3n) is 2.21. The molecule has 17 heavy (non-hydrogen) atoms. The molecule has 0 atom stereocenters. The summed E-state index contributed by atoms with van der Waals surface area (Å²) in [6.07, 6.45) is 0. The predicted octanol–water partition coefficient (Wildman–Crippen LogP) is 0.421. The molecule has 6 nitrogen and oxygen atoms in total. The van der Waals surface area contributed by atoms with Gasteiger partial charge in [-0.2, -0.15) is 0 Å². The van der Waals surface area contributed by atoms with Crippen molar-refractivity contribution in [2.45, 2.75) is 26.5 Å². The summed E-state index contributed by atoms with van der Waals surface area (Å²) < 4.78 is 30.6. The Morgan fingerprint density at radius 1 is 1.53 bits per heavy atom. The minimum absolute atomic E-state index is 0.0847. The summed E-state index contributed by atoms with van der Waals surface area (Å²) in [5.41, 5.74) is -0.107. The summed E-state index contributed by atoms with van der Waals surface area (Å²) in [6.45, 7) is 5.35. The lowest BCUT2D eigenvalue weighted by Gasteiger charge is -2.21. The van der Waals surface area contributed by atoms with Gasteiger partial charge < -0.3 is 9.63 Å². The van der Waals surface area contributed by atoms with Crippen LogP contribution in [-0.2, 0) is 15.8 Å². The second-order valence-corrected chi connectivity index (χ2v) is 6.64. The molecule has 0 aliphatic carbocycles. The Labute approximate surface area is 101 Å². The summed E-state index contributed by atoms with van der Waals surface area (Å²) in [7, 11) is -3.45. The topological polar surface area (TPSA) is 92.4 Å². The molecule has 0 saturated heterocycles. The van der Waals surface area contributed by atoms with Crippen LogP contribution in [0.15, 0.2) is 10.6 Å². The van der Waals surface area contributed by atoms with E-state index < -0.39 is 15.4 Å². The molecule has 7 heteroatoms. The fourth-order valence-corrected chi connectivity index (χ4v) is 2.33. The molecule has 0 unspecified atom stereocenters. The van der Waals surface area contributed by atoms with Crippen LogP contribution in [0.5, 0.6) is 0 Å². The number of sulfonamides is 1. The number of aliphatic hydroxyl groups excluding tert-OH is 1. The lowest BCUT2D eigenvalue weighted by Crippen LogP contribution is -2.36. The first-order valence-corrected chi connectivity index (χ1v) is 6.90. The third kappa shape index (κ3) is 4.84. The van der Waals surface area contributed by atoms with E-state index in [4.69, 9.17) is 9.63 Å². The number of aromatic nitrogens is 1. The molecular formula is C10H18N2O4S. The van der Waals surface area contributed by atoms with Crippen molar-refractivity contribution in [3.63, 3.8) is 0 Å². The number of aryl methyl sites for hydroxylation is 1. The maximum absolute atomic E-state index is 11.7. The molecule has 98 valence electrons. The van der Waals surface area contributed by atoms with Crippen molar-refractivity contribution in [1.82, 2.24) is 9.88 Å². The van der Waals surface area contributed by atoms with E-state index in [9.17, 15) is 8.42 Å². The van der Waals surface area contributed by atoms with E-state index >= 15 is 0 Å². The molecule has 1 aromatic heterocycles. The van der Waals surface area contributed by atoms with Crippen LogP contribution in [0.1, 0.15) is 25.3 Å². The average molecular weight is 262 g/mol. The second kappa shape index (κ2) is 5.16. The molecule has 1 rings (SSSR count). The van der Waals surface area contributed by atoms with Crippen LogP contribution in [0.3, 0.4) is 0 Å². The van der Waals surface area contributed by atoms with Gasteiger partial charge in [0.15, 0.2) is 0 Å². The van der Waals surface area contributed by atoms with Gasteiger partial charge in [-0.1, -0.05) is 19.0 Å².